The second kappa shape index (κ2) is 13.3. The Balaban J connectivity index is 4.49. The summed E-state index contributed by atoms with van der Waals surface area (Å²) in [5.41, 5.74) is 11.1. The van der Waals surface area contributed by atoms with Crippen molar-refractivity contribution < 1.29 is 29.4 Å². The van der Waals surface area contributed by atoms with Crippen LogP contribution >= 0.6 is 12.6 Å². The highest BCUT2D eigenvalue weighted by molar-refractivity contribution is 7.80. The standard InChI is InChI=1S/C15H29N5O6S/c1-8(21)12(15(25)26)20-11(22)6-18-14(24)10(7-27)19-13(23)9(17)4-2-3-5-16/h8-10,12,21,27H,2-7,16-17H2,1H3,(H,18,24)(H,19,23)(H,20,22)(H,25,26). The number of aliphatic hydroxyl groups is 1. The molecule has 0 rings (SSSR count). The van der Waals surface area contributed by atoms with E-state index in [1.54, 1.807) is 0 Å². The van der Waals surface area contributed by atoms with Crippen molar-refractivity contribution in [2.45, 2.75) is 50.4 Å². The van der Waals surface area contributed by atoms with Crippen molar-refractivity contribution in [3.05, 3.63) is 0 Å². The Morgan fingerprint density at radius 2 is 1.74 bits per heavy atom. The molecule has 0 saturated heterocycles. The maximum Gasteiger partial charge on any atom is 0.328 e. The van der Waals surface area contributed by atoms with Crippen LogP contribution in [0.2, 0.25) is 0 Å². The topological polar surface area (TPSA) is 197 Å². The number of hydrogen-bond acceptors (Lipinski definition) is 8. The summed E-state index contributed by atoms with van der Waals surface area (Å²) in [6.45, 7) is 1.18. The van der Waals surface area contributed by atoms with Gasteiger partial charge in [0, 0.05) is 5.75 Å². The molecule has 0 aromatic rings. The van der Waals surface area contributed by atoms with E-state index in [9.17, 15) is 24.3 Å². The monoisotopic (exact) mass is 407 g/mol. The third-order valence-electron chi connectivity index (χ3n) is 3.61. The molecule has 4 atom stereocenters. The number of hydrogen-bond donors (Lipinski definition) is 8. The molecule has 0 radical (unpaired) electrons. The predicted octanol–water partition coefficient (Wildman–Crippen LogP) is -3.08. The highest BCUT2D eigenvalue weighted by Gasteiger charge is 2.26. The van der Waals surface area contributed by atoms with E-state index < -0.39 is 54.5 Å². The third kappa shape index (κ3) is 10.1. The van der Waals surface area contributed by atoms with Gasteiger partial charge >= 0.3 is 5.97 Å². The number of aliphatic carboxylic acids is 1. The molecule has 9 N–H and O–H groups in total. The fourth-order valence-corrected chi connectivity index (χ4v) is 2.27. The number of carbonyl (C=O) groups excluding carboxylic acids is 3. The molecule has 0 aromatic heterocycles. The lowest BCUT2D eigenvalue weighted by atomic mass is 10.1. The Morgan fingerprint density at radius 3 is 2.22 bits per heavy atom. The van der Waals surface area contributed by atoms with E-state index in [1.165, 1.54) is 6.92 Å². The number of carbonyl (C=O) groups is 4. The normalized spacial score (nSPS) is 15.1. The summed E-state index contributed by atoms with van der Waals surface area (Å²) in [5.74, 6) is -3.44. The summed E-state index contributed by atoms with van der Waals surface area (Å²) in [5, 5.41) is 25.0. The van der Waals surface area contributed by atoms with Gasteiger partial charge in [-0.2, -0.15) is 12.6 Å². The van der Waals surface area contributed by atoms with Gasteiger partial charge in [-0.1, -0.05) is 6.42 Å². The lowest BCUT2D eigenvalue weighted by Gasteiger charge is -2.20. The third-order valence-corrected chi connectivity index (χ3v) is 3.97. The molecule has 0 aliphatic rings. The van der Waals surface area contributed by atoms with Gasteiger partial charge in [-0.3, -0.25) is 14.4 Å². The SMILES string of the molecule is CC(O)C(NC(=O)CNC(=O)C(CS)NC(=O)C(N)CCCCN)C(=O)O. The van der Waals surface area contributed by atoms with E-state index in [2.05, 4.69) is 28.6 Å². The maximum atomic E-state index is 12.1. The zero-order valence-corrected chi connectivity index (χ0v) is 16.1. The first-order valence-electron chi connectivity index (χ1n) is 8.48. The number of aliphatic hydroxyl groups excluding tert-OH is 1. The van der Waals surface area contributed by atoms with Gasteiger partial charge in [0.25, 0.3) is 0 Å². The van der Waals surface area contributed by atoms with Crippen LogP contribution in [-0.4, -0.2) is 77.0 Å². The van der Waals surface area contributed by atoms with Gasteiger partial charge < -0.3 is 37.6 Å². The number of nitrogens with two attached hydrogens (primary N) is 2. The fraction of sp³-hybridized carbons (Fsp3) is 0.733. The van der Waals surface area contributed by atoms with Crippen molar-refractivity contribution in [3.8, 4) is 0 Å². The Hall–Kier alpha value is -1.89. The first-order chi connectivity index (χ1) is 12.6. The van der Waals surface area contributed by atoms with E-state index in [0.717, 1.165) is 6.42 Å². The van der Waals surface area contributed by atoms with Crippen molar-refractivity contribution in [2.75, 3.05) is 18.8 Å². The van der Waals surface area contributed by atoms with Gasteiger partial charge in [0.15, 0.2) is 6.04 Å². The van der Waals surface area contributed by atoms with Crippen molar-refractivity contribution in [1.82, 2.24) is 16.0 Å². The molecule has 0 aliphatic carbocycles. The summed E-state index contributed by atoms with van der Waals surface area (Å²) in [6.07, 6.45) is 0.516. The minimum atomic E-state index is -1.50. The number of amides is 3. The summed E-state index contributed by atoms with van der Waals surface area (Å²) in [6, 6.07) is -3.31. The number of rotatable bonds is 13. The average Bonchev–Trinajstić information content (AvgIpc) is 2.61. The number of carboxylic acid groups (broad SMARTS) is 1. The second-order valence-electron chi connectivity index (χ2n) is 5.98. The van der Waals surface area contributed by atoms with Crippen LogP contribution in [0.1, 0.15) is 26.2 Å². The lowest BCUT2D eigenvalue weighted by molar-refractivity contribution is -0.144. The molecule has 0 saturated carbocycles. The van der Waals surface area contributed by atoms with E-state index in [-0.39, 0.29) is 5.75 Å². The molecular formula is C15H29N5O6S. The highest BCUT2D eigenvalue weighted by Crippen LogP contribution is 1.99. The van der Waals surface area contributed by atoms with Crippen LogP contribution in [0, 0.1) is 0 Å². The van der Waals surface area contributed by atoms with Crippen molar-refractivity contribution >= 4 is 36.3 Å². The summed E-state index contributed by atoms with van der Waals surface area (Å²) >= 11 is 3.99. The van der Waals surface area contributed by atoms with Crippen LogP contribution in [-0.2, 0) is 19.2 Å². The van der Waals surface area contributed by atoms with Gasteiger partial charge in [0.1, 0.15) is 6.04 Å². The first kappa shape index (κ1) is 25.1. The molecule has 0 spiro atoms. The Labute approximate surface area is 163 Å². The van der Waals surface area contributed by atoms with Crippen LogP contribution in [0.5, 0.6) is 0 Å². The average molecular weight is 407 g/mol. The van der Waals surface area contributed by atoms with Gasteiger partial charge in [0.2, 0.25) is 17.7 Å². The molecule has 0 bridgehead atoms. The van der Waals surface area contributed by atoms with Gasteiger partial charge in [-0.05, 0) is 26.3 Å². The molecule has 4 unspecified atom stereocenters. The predicted molar refractivity (Wildman–Crippen MR) is 101 cm³/mol. The molecule has 0 aromatic carbocycles. The van der Waals surface area contributed by atoms with E-state index in [0.29, 0.717) is 19.4 Å². The number of unbranched alkanes of at least 4 members (excludes halogenated alkanes) is 1. The fourth-order valence-electron chi connectivity index (χ4n) is 2.02. The van der Waals surface area contributed by atoms with Crippen molar-refractivity contribution in [2.24, 2.45) is 11.5 Å². The Bertz CT molecular complexity index is 519. The molecule has 156 valence electrons. The molecule has 3 amide bonds. The first-order valence-corrected chi connectivity index (χ1v) is 9.12. The molecular weight excluding hydrogens is 378 g/mol. The van der Waals surface area contributed by atoms with Crippen LogP contribution in [0.3, 0.4) is 0 Å². The molecule has 11 nitrogen and oxygen atoms in total. The number of nitrogens with one attached hydrogen (secondary N) is 3. The molecule has 27 heavy (non-hydrogen) atoms. The van der Waals surface area contributed by atoms with Gasteiger partial charge in [-0.25, -0.2) is 4.79 Å². The minimum Gasteiger partial charge on any atom is -0.480 e. The largest absolute Gasteiger partial charge is 0.480 e. The van der Waals surface area contributed by atoms with Crippen LogP contribution < -0.4 is 27.4 Å². The lowest BCUT2D eigenvalue weighted by Crippen LogP contribution is -2.55. The number of thiol groups is 1. The van der Waals surface area contributed by atoms with Crippen LogP contribution in [0.4, 0.5) is 0 Å². The van der Waals surface area contributed by atoms with E-state index in [1.807, 2.05) is 0 Å². The van der Waals surface area contributed by atoms with Gasteiger partial charge in [-0.15, -0.1) is 0 Å². The zero-order valence-electron chi connectivity index (χ0n) is 15.2. The van der Waals surface area contributed by atoms with E-state index in [4.69, 9.17) is 16.6 Å². The summed E-state index contributed by atoms with van der Waals surface area (Å²) < 4.78 is 0. The minimum absolute atomic E-state index is 0.0276. The molecule has 0 heterocycles. The highest BCUT2D eigenvalue weighted by atomic mass is 32.1. The Kier molecular flexibility index (Phi) is 12.4. The second-order valence-corrected chi connectivity index (χ2v) is 6.34. The molecule has 12 heteroatoms. The van der Waals surface area contributed by atoms with Gasteiger partial charge in [0.05, 0.1) is 18.7 Å². The maximum absolute atomic E-state index is 12.1. The zero-order chi connectivity index (χ0) is 21.0. The smallest absolute Gasteiger partial charge is 0.328 e. The van der Waals surface area contributed by atoms with E-state index >= 15 is 0 Å². The summed E-state index contributed by atoms with van der Waals surface area (Å²) in [4.78, 5) is 46.7. The molecule has 0 fully saturated rings. The van der Waals surface area contributed by atoms with Crippen LogP contribution in [0.15, 0.2) is 0 Å². The number of carboxylic acids is 1. The summed E-state index contributed by atoms with van der Waals surface area (Å²) in [7, 11) is 0. The van der Waals surface area contributed by atoms with Crippen molar-refractivity contribution in [1.29, 1.82) is 0 Å². The Morgan fingerprint density at radius 1 is 1.11 bits per heavy atom. The molecule has 0 aliphatic heterocycles. The van der Waals surface area contributed by atoms with Crippen molar-refractivity contribution in [3.63, 3.8) is 0 Å². The quantitative estimate of drug-likeness (QED) is 0.116. The van der Waals surface area contributed by atoms with Crippen LogP contribution in [0.25, 0.3) is 0 Å².